The monoisotopic (exact) mass is 389 g/mol. The van der Waals surface area contributed by atoms with E-state index in [0.717, 1.165) is 6.07 Å². The third kappa shape index (κ3) is 4.97. The molecule has 0 aliphatic heterocycles. The van der Waals surface area contributed by atoms with Gasteiger partial charge in [0.05, 0.1) is 4.90 Å². The highest BCUT2D eigenvalue weighted by atomic mass is 79.9. The molecular weight excluding hydrogens is 379 g/mol. The number of aliphatic carboxylic acids is 1. The molecule has 1 rings (SSSR count). The first-order valence-corrected chi connectivity index (χ1v) is 7.71. The summed E-state index contributed by atoms with van der Waals surface area (Å²) >= 11 is 2.96. The van der Waals surface area contributed by atoms with Crippen LogP contribution in [-0.2, 0) is 14.8 Å². The molecule has 0 radical (unpaired) electrons. The van der Waals surface area contributed by atoms with Gasteiger partial charge in [0.2, 0.25) is 10.0 Å². The second kappa shape index (κ2) is 6.32. The van der Waals surface area contributed by atoms with Gasteiger partial charge in [-0.05, 0) is 40.5 Å². The number of sulfonamides is 1. The van der Waals surface area contributed by atoms with E-state index < -0.39 is 40.2 Å². The summed E-state index contributed by atoms with van der Waals surface area (Å²) in [7, 11) is -4.59. The molecule has 0 atom stereocenters. The van der Waals surface area contributed by atoms with Crippen LogP contribution in [0.2, 0.25) is 0 Å². The first-order chi connectivity index (χ1) is 9.43. The minimum Gasteiger partial charge on any atom is -0.480 e. The van der Waals surface area contributed by atoms with Crippen LogP contribution in [0.25, 0.3) is 0 Å². The Balaban J connectivity index is 3.29. The number of nitrogens with zero attached hydrogens (tertiary/aromatic N) is 1. The zero-order chi connectivity index (χ0) is 16.4. The van der Waals surface area contributed by atoms with Gasteiger partial charge in [-0.1, -0.05) is 6.07 Å². The van der Waals surface area contributed by atoms with Crippen LogP contribution in [0.1, 0.15) is 5.56 Å². The molecule has 0 saturated carbocycles. The molecule has 0 spiro atoms. The second-order valence-corrected chi connectivity index (χ2v) is 6.98. The van der Waals surface area contributed by atoms with Gasteiger partial charge in [-0.15, -0.1) is 0 Å². The Hall–Kier alpha value is -1.13. The third-order valence-corrected chi connectivity index (χ3v) is 5.14. The van der Waals surface area contributed by atoms with Crippen LogP contribution < -0.4 is 0 Å². The van der Waals surface area contributed by atoms with Gasteiger partial charge >= 0.3 is 12.1 Å². The van der Waals surface area contributed by atoms with Crippen molar-refractivity contribution in [3.05, 3.63) is 28.2 Å². The minimum atomic E-state index is -4.85. The van der Waals surface area contributed by atoms with Crippen molar-refractivity contribution < 1.29 is 31.5 Å². The maximum atomic E-state index is 12.5. The van der Waals surface area contributed by atoms with Crippen molar-refractivity contribution in [2.45, 2.75) is 18.0 Å². The Bertz CT molecular complexity index is 645. The van der Waals surface area contributed by atoms with Gasteiger partial charge in [-0.3, -0.25) is 4.79 Å². The first kappa shape index (κ1) is 17.9. The molecule has 0 unspecified atom stereocenters. The van der Waals surface area contributed by atoms with Crippen LogP contribution in [0, 0.1) is 6.92 Å². The van der Waals surface area contributed by atoms with Gasteiger partial charge in [0, 0.05) is 4.47 Å². The zero-order valence-electron chi connectivity index (χ0n) is 10.7. The molecule has 0 heterocycles. The van der Waals surface area contributed by atoms with Crippen LogP contribution in [-0.4, -0.2) is 43.1 Å². The number of alkyl halides is 3. The van der Waals surface area contributed by atoms with Crippen molar-refractivity contribution in [1.82, 2.24) is 4.31 Å². The maximum Gasteiger partial charge on any atom is 0.402 e. The smallest absolute Gasteiger partial charge is 0.402 e. The van der Waals surface area contributed by atoms with E-state index in [1.807, 2.05) is 0 Å². The fraction of sp³-hybridized carbons (Fsp3) is 0.364. The van der Waals surface area contributed by atoms with Crippen molar-refractivity contribution in [2.24, 2.45) is 0 Å². The molecule has 1 aromatic rings. The number of aryl methyl sites for hydroxylation is 1. The number of carbonyl (C=O) groups is 1. The summed E-state index contributed by atoms with van der Waals surface area (Å²) in [6.07, 6.45) is -4.85. The van der Waals surface area contributed by atoms with Gasteiger partial charge in [-0.25, -0.2) is 8.42 Å². The lowest BCUT2D eigenvalue weighted by Crippen LogP contribution is -2.42. The Morgan fingerprint density at radius 2 is 1.95 bits per heavy atom. The van der Waals surface area contributed by atoms with E-state index in [0.29, 0.717) is 5.56 Å². The van der Waals surface area contributed by atoms with Crippen molar-refractivity contribution in [3.63, 3.8) is 0 Å². The summed E-state index contributed by atoms with van der Waals surface area (Å²) < 4.78 is 61.7. The standard InChI is InChI=1S/C11H11BrF3NO4S/c1-7-2-3-9(8(12)4-7)21(19,20)16(5-10(17)18)6-11(13,14)15/h2-4H,5-6H2,1H3,(H,17,18). The summed E-state index contributed by atoms with van der Waals surface area (Å²) in [5.74, 6) is -1.67. The lowest BCUT2D eigenvalue weighted by Gasteiger charge is -2.22. The van der Waals surface area contributed by atoms with Crippen LogP contribution in [0.15, 0.2) is 27.6 Å². The van der Waals surface area contributed by atoms with Crippen LogP contribution >= 0.6 is 15.9 Å². The van der Waals surface area contributed by atoms with Crippen molar-refractivity contribution in [1.29, 1.82) is 0 Å². The topological polar surface area (TPSA) is 74.7 Å². The maximum absolute atomic E-state index is 12.5. The highest BCUT2D eigenvalue weighted by Crippen LogP contribution is 2.28. The third-order valence-electron chi connectivity index (χ3n) is 2.37. The van der Waals surface area contributed by atoms with Crippen LogP contribution in [0.3, 0.4) is 0 Å². The average molecular weight is 390 g/mol. The van der Waals surface area contributed by atoms with E-state index in [-0.39, 0.29) is 8.78 Å². The number of carboxylic acid groups (broad SMARTS) is 1. The van der Waals surface area contributed by atoms with E-state index >= 15 is 0 Å². The zero-order valence-corrected chi connectivity index (χ0v) is 13.1. The summed E-state index contributed by atoms with van der Waals surface area (Å²) in [5, 5.41) is 8.62. The molecule has 0 aromatic heterocycles. The fourth-order valence-electron chi connectivity index (χ4n) is 1.53. The van der Waals surface area contributed by atoms with Gasteiger partial charge < -0.3 is 5.11 Å². The van der Waals surface area contributed by atoms with E-state index in [1.54, 1.807) is 6.92 Å². The SMILES string of the molecule is Cc1ccc(S(=O)(=O)N(CC(=O)O)CC(F)(F)F)c(Br)c1. The molecule has 0 bridgehead atoms. The molecule has 10 heteroatoms. The Kier molecular flexibility index (Phi) is 5.40. The summed E-state index contributed by atoms with van der Waals surface area (Å²) in [6.45, 7) is -1.48. The van der Waals surface area contributed by atoms with Crippen molar-refractivity contribution in [2.75, 3.05) is 13.1 Å². The Labute approximate surface area is 127 Å². The summed E-state index contributed by atoms with van der Waals surface area (Å²) in [6, 6.07) is 3.95. The van der Waals surface area contributed by atoms with Gasteiger partial charge in [0.1, 0.15) is 13.1 Å². The van der Waals surface area contributed by atoms with E-state index in [1.165, 1.54) is 12.1 Å². The quantitative estimate of drug-likeness (QED) is 0.838. The number of carboxylic acids is 1. The lowest BCUT2D eigenvalue weighted by molar-refractivity contribution is -0.146. The molecular formula is C11H11BrF3NO4S. The molecule has 0 amide bonds. The molecule has 0 saturated heterocycles. The Morgan fingerprint density at radius 1 is 1.38 bits per heavy atom. The van der Waals surface area contributed by atoms with Crippen molar-refractivity contribution >= 4 is 31.9 Å². The number of rotatable bonds is 5. The highest BCUT2D eigenvalue weighted by Gasteiger charge is 2.38. The summed E-state index contributed by atoms with van der Waals surface area (Å²) in [5.41, 5.74) is 0.696. The molecule has 0 aliphatic rings. The van der Waals surface area contributed by atoms with E-state index in [4.69, 9.17) is 5.11 Å². The Morgan fingerprint density at radius 3 is 2.38 bits per heavy atom. The largest absolute Gasteiger partial charge is 0.480 e. The molecule has 1 N–H and O–H groups in total. The number of hydrogen-bond donors (Lipinski definition) is 1. The molecule has 0 aliphatic carbocycles. The lowest BCUT2D eigenvalue weighted by atomic mass is 10.2. The first-order valence-electron chi connectivity index (χ1n) is 5.48. The van der Waals surface area contributed by atoms with Gasteiger partial charge in [0.25, 0.3) is 0 Å². The van der Waals surface area contributed by atoms with Crippen molar-refractivity contribution in [3.8, 4) is 0 Å². The second-order valence-electron chi connectivity index (χ2n) is 4.22. The molecule has 5 nitrogen and oxygen atoms in total. The average Bonchev–Trinajstić information content (AvgIpc) is 2.24. The normalized spacial score (nSPS) is 12.7. The predicted molar refractivity (Wildman–Crippen MR) is 71.3 cm³/mol. The highest BCUT2D eigenvalue weighted by molar-refractivity contribution is 9.10. The van der Waals surface area contributed by atoms with E-state index in [2.05, 4.69) is 15.9 Å². The number of hydrogen-bond acceptors (Lipinski definition) is 3. The number of halogens is 4. The molecule has 21 heavy (non-hydrogen) atoms. The summed E-state index contributed by atoms with van der Waals surface area (Å²) in [4.78, 5) is 10.2. The van der Waals surface area contributed by atoms with Crippen LogP contribution in [0.4, 0.5) is 13.2 Å². The molecule has 118 valence electrons. The van der Waals surface area contributed by atoms with Gasteiger partial charge in [-0.2, -0.15) is 17.5 Å². The molecule has 0 fully saturated rings. The van der Waals surface area contributed by atoms with Gasteiger partial charge in [0.15, 0.2) is 0 Å². The van der Waals surface area contributed by atoms with Crippen LogP contribution in [0.5, 0.6) is 0 Å². The number of benzene rings is 1. The fourth-order valence-corrected chi connectivity index (χ4v) is 4.06. The predicted octanol–water partition coefficient (Wildman–Crippen LogP) is 2.40. The van der Waals surface area contributed by atoms with E-state index in [9.17, 15) is 26.4 Å². The minimum absolute atomic E-state index is 0.0695. The molecule has 1 aromatic carbocycles.